The van der Waals surface area contributed by atoms with Crippen LogP contribution in [0.25, 0.3) is 0 Å². The molecule has 1 aromatic heterocycles. The minimum absolute atomic E-state index is 0.190. The van der Waals surface area contributed by atoms with Gasteiger partial charge in [-0.3, -0.25) is 4.79 Å². The molecule has 0 spiro atoms. The molecule has 0 saturated carbocycles. The lowest BCUT2D eigenvalue weighted by Crippen LogP contribution is -2.28. The van der Waals surface area contributed by atoms with Crippen molar-refractivity contribution >= 4 is 17.2 Å². The van der Waals surface area contributed by atoms with Gasteiger partial charge in [-0.1, -0.05) is 37.3 Å². The topological polar surface area (TPSA) is 29.1 Å². The molecule has 3 aromatic rings. The average Bonchev–Trinajstić information content (AvgIpc) is 3.20. The number of nitrogens with one attached hydrogen (secondary N) is 1. The van der Waals surface area contributed by atoms with Crippen molar-refractivity contribution in [2.75, 3.05) is 0 Å². The normalized spacial score (nSPS) is 12.6. The maximum atomic E-state index is 12.7. The lowest BCUT2D eigenvalue weighted by molar-refractivity contribution is -0.137. The Hall–Kier alpha value is -2.60. The van der Waals surface area contributed by atoms with E-state index in [1.807, 2.05) is 41.8 Å². The number of aryl methyl sites for hydroxylation is 1. The molecule has 2 nitrogen and oxygen atoms in total. The third kappa shape index (κ3) is 4.57. The number of hydrogen-bond acceptors (Lipinski definition) is 2. The van der Waals surface area contributed by atoms with Crippen molar-refractivity contribution in [2.24, 2.45) is 0 Å². The van der Waals surface area contributed by atoms with Crippen LogP contribution in [0.1, 0.15) is 44.9 Å². The minimum Gasteiger partial charge on any atom is -0.340 e. The van der Waals surface area contributed by atoms with E-state index in [0.717, 1.165) is 29.0 Å². The van der Waals surface area contributed by atoms with Gasteiger partial charge in [0.05, 0.1) is 11.6 Å². The number of amides is 1. The first kappa shape index (κ1) is 19.2. The van der Waals surface area contributed by atoms with E-state index in [-0.39, 0.29) is 11.6 Å². The highest BCUT2D eigenvalue weighted by Crippen LogP contribution is 2.30. The standard InChI is InChI=1S/C21H18F3NOS/c1-2-14-5-7-15(8-6-14)19(18-4-3-13-27-18)25-20(26)16-9-11-17(12-10-16)21(22,23)24/h3-13,19H,2H2,1H3,(H,25,26)/t19-/m1/s1. The smallest absolute Gasteiger partial charge is 0.340 e. The zero-order chi connectivity index (χ0) is 19.4. The van der Waals surface area contributed by atoms with Crippen LogP contribution in [0.3, 0.4) is 0 Å². The number of thiophene rings is 1. The van der Waals surface area contributed by atoms with Gasteiger partial charge in [-0.25, -0.2) is 0 Å². The molecule has 0 aliphatic heterocycles. The van der Waals surface area contributed by atoms with Crippen molar-refractivity contribution in [3.05, 3.63) is 93.2 Å². The van der Waals surface area contributed by atoms with Crippen LogP contribution < -0.4 is 5.32 Å². The van der Waals surface area contributed by atoms with Crippen LogP contribution in [-0.4, -0.2) is 5.91 Å². The van der Waals surface area contributed by atoms with Gasteiger partial charge in [-0.05, 0) is 53.3 Å². The molecular formula is C21H18F3NOS. The Morgan fingerprint density at radius 2 is 1.70 bits per heavy atom. The second-order valence-electron chi connectivity index (χ2n) is 6.09. The molecule has 1 amide bonds. The van der Waals surface area contributed by atoms with Crippen LogP contribution in [-0.2, 0) is 12.6 Å². The van der Waals surface area contributed by atoms with Gasteiger partial charge in [0.1, 0.15) is 0 Å². The van der Waals surface area contributed by atoms with Gasteiger partial charge < -0.3 is 5.32 Å². The van der Waals surface area contributed by atoms with Crippen LogP contribution >= 0.6 is 11.3 Å². The molecule has 0 saturated heterocycles. The van der Waals surface area contributed by atoms with E-state index in [1.54, 1.807) is 0 Å². The maximum absolute atomic E-state index is 12.7. The third-order valence-corrected chi connectivity index (χ3v) is 5.24. The quantitative estimate of drug-likeness (QED) is 0.583. The number of alkyl halides is 3. The largest absolute Gasteiger partial charge is 0.416 e. The first-order valence-corrected chi connectivity index (χ1v) is 9.37. The summed E-state index contributed by atoms with van der Waals surface area (Å²) >= 11 is 1.52. The SMILES string of the molecule is CCc1ccc([C@@H](NC(=O)c2ccc(C(F)(F)F)cc2)c2cccs2)cc1. The fourth-order valence-electron chi connectivity index (χ4n) is 2.75. The predicted molar refractivity (Wildman–Crippen MR) is 101 cm³/mol. The summed E-state index contributed by atoms with van der Waals surface area (Å²) < 4.78 is 38.1. The molecule has 0 unspecified atom stereocenters. The Morgan fingerprint density at radius 1 is 1.04 bits per heavy atom. The average molecular weight is 389 g/mol. The van der Waals surface area contributed by atoms with Gasteiger partial charge in [-0.15, -0.1) is 11.3 Å². The highest BCUT2D eigenvalue weighted by molar-refractivity contribution is 7.10. The van der Waals surface area contributed by atoms with Crippen molar-refractivity contribution in [2.45, 2.75) is 25.6 Å². The molecule has 6 heteroatoms. The van der Waals surface area contributed by atoms with E-state index in [4.69, 9.17) is 0 Å². The van der Waals surface area contributed by atoms with Gasteiger partial charge in [-0.2, -0.15) is 13.2 Å². The lowest BCUT2D eigenvalue weighted by Gasteiger charge is -2.19. The first-order chi connectivity index (χ1) is 12.9. The van der Waals surface area contributed by atoms with E-state index in [0.29, 0.717) is 0 Å². The second-order valence-corrected chi connectivity index (χ2v) is 7.07. The van der Waals surface area contributed by atoms with E-state index in [2.05, 4.69) is 12.2 Å². The zero-order valence-corrected chi connectivity index (χ0v) is 15.4. The van der Waals surface area contributed by atoms with Crippen molar-refractivity contribution in [1.29, 1.82) is 0 Å². The molecule has 1 atom stereocenters. The summed E-state index contributed by atoms with van der Waals surface area (Å²) in [6.45, 7) is 2.07. The molecule has 1 heterocycles. The fourth-order valence-corrected chi connectivity index (χ4v) is 3.55. The molecule has 140 valence electrons. The van der Waals surface area contributed by atoms with Crippen molar-refractivity contribution in [3.8, 4) is 0 Å². The van der Waals surface area contributed by atoms with Gasteiger partial charge in [0, 0.05) is 10.4 Å². The van der Waals surface area contributed by atoms with E-state index < -0.39 is 17.6 Å². The predicted octanol–water partition coefficient (Wildman–Crippen LogP) is 5.85. The molecule has 0 radical (unpaired) electrons. The number of carbonyl (C=O) groups is 1. The van der Waals surface area contributed by atoms with Crippen molar-refractivity contribution in [3.63, 3.8) is 0 Å². The molecule has 0 aliphatic carbocycles. The molecule has 0 fully saturated rings. The molecule has 0 bridgehead atoms. The summed E-state index contributed by atoms with van der Waals surface area (Å²) in [5.74, 6) is -0.415. The number of rotatable bonds is 5. The summed E-state index contributed by atoms with van der Waals surface area (Å²) in [7, 11) is 0. The Kier molecular flexibility index (Phi) is 5.65. The monoisotopic (exact) mass is 389 g/mol. The number of hydrogen-bond donors (Lipinski definition) is 1. The number of benzene rings is 2. The third-order valence-electron chi connectivity index (χ3n) is 4.30. The van der Waals surface area contributed by atoms with Crippen LogP contribution in [0.4, 0.5) is 13.2 Å². The van der Waals surface area contributed by atoms with Gasteiger partial charge in [0.2, 0.25) is 0 Å². The van der Waals surface area contributed by atoms with Crippen molar-refractivity contribution in [1.82, 2.24) is 5.32 Å². The first-order valence-electron chi connectivity index (χ1n) is 8.49. The number of carbonyl (C=O) groups excluding carboxylic acids is 1. The van der Waals surface area contributed by atoms with Gasteiger partial charge in [0.25, 0.3) is 5.91 Å². The minimum atomic E-state index is -4.42. The Morgan fingerprint density at radius 3 is 2.22 bits per heavy atom. The summed E-state index contributed by atoms with van der Waals surface area (Å²) in [6.07, 6.45) is -3.50. The maximum Gasteiger partial charge on any atom is 0.416 e. The Labute approximate surface area is 159 Å². The van der Waals surface area contributed by atoms with Crippen molar-refractivity contribution < 1.29 is 18.0 Å². The molecule has 0 aliphatic rings. The molecule has 3 rings (SSSR count). The summed E-state index contributed by atoms with van der Waals surface area (Å²) in [6, 6.07) is 15.7. The summed E-state index contributed by atoms with van der Waals surface area (Å²) in [5, 5.41) is 4.86. The van der Waals surface area contributed by atoms with Crippen LogP contribution in [0.15, 0.2) is 66.0 Å². The van der Waals surface area contributed by atoms with Crippen LogP contribution in [0, 0.1) is 0 Å². The highest BCUT2D eigenvalue weighted by atomic mass is 32.1. The summed E-state index contributed by atoms with van der Waals surface area (Å²) in [5.41, 5.74) is 1.53. The van der Waals surface area contributed by atoms with Crippen LogP contribution in [0.5, 0.6) is 0 Å². The van der Waals surface area contributed by atoms with Crippen LogP contribution in [0.2, 0.25) is 0 Å². The molecular weight excluding hydrogens is 371 g/mol. The lowest BCUT2D eigenvalue weighted by atomic mass is 10.0. The Balaban J connectivity index is 1.84. The molecule has 2 aromatic carbocycles. The van der Waals surface area contributed by atoms with Gasteiger partial charge >= 0.3 is 6.18 Å². The van der Waals surface area contributed by atoms with E-state index >= 15 is 0 Å². The Bertz CT molecular complexity index is 885. The zero-order valence-electron chi connectivity index (χ0n) is 14.6. The second kappa shape index (κ2) is 7.96. The highest BCUT2D eigenvalue weighted by Gasteiger charge is 2.30. The number of halogens is 3. The summed E-state index contributed by atoms with van der Waals surface area (Å²) in [4.78, 5) is 13.6. The molecule has 1 N–H and O–H groups in total. The van der Waals surface area contributed by atoms with E-state index in [1.165, 1.54) is 29.0 Å². The van der Waals surface area contributed by atoms with E-state index in [9.17, 15) is 18.0 Å². The van der Waals surface area contributed by atoms with Gasteiger partial charge in [0.15, 0.2) is 0 Å². The fraction of sp³-hybridized carbons (Fsp3) is 0.190. The molecule has 27 heavy (non-hydrogen) atoms.